The van der Waals surface area contributed by atoms with Crippen LogP contribution in [-0.2, 0) is 4.74 Å². The highest BCUT2D eigenvalue weighted by Gasteiger charge is 2.26. The van der Waals surface area contributed by atoms with Gasteiger partial charge in [-0.15, -0.1) is 0 Å². The zero-order valence-corrected chi connectivity index (χ0v) is 10.0. The van der Waals surface area contributed by atoms with E-state index in [1.165, 1.54) is 11.0 Å². The van der Waals surface area contributed by atoms with Gasteiger partial charge in [0.2, 0.25) is 5.95 Å². The number of morpholine rings is 1. The molecule has 0 aromatic carbocycles. The SMILES string of the molecule is CCC1CN(C(=O)c2ccnc(F)c2F)CCO1. The van der Waals surface area contributed by atoms with Gasteiger partial charge in [0.1, 0.15) is 0 Å². The molecular formula is C12H14F2N2O2. The number of aromatic nitrogens is 1. The molecule has 0 radical (unpaired) electrons. The topological polar surface area (TPSA) is 42.4 Å². The summed E-state index contributed by atoms with van der Waals surface area (Å²) in [6.07, 6.45) is 1.82. The predicted molar refractivity (Wildman–Crippen MR) is 60.1 cm³/mol. The number of carbonyl (C=O) groups excluding carboxylic acids is 1. The number of hydrogen-bond acceptors (Lipinski definition) is 3. The van der Waals surface area contributed by atoms with Crippen molar-refractivity contribution in [2.45, 2.75) is 19.4 Å². The molecule has 0 N–H and O–H groups in total. The number of ether oxygens (including phenoxy) is 1. The van der Waals surface area contributed by atoms with Crippen LogP contribution in [0.2, 0.25) is 0 Å². The highest BCUT2D eigenvalue weighted by molar-refractivity contribution is 5.94. The van der Waals surface area contributed by atoms with E-state index in [9.17, 15) is 13.6 Å². The standard InChI is InChI=1S/C12H14F2N2O2/c1-2-8-7-16(5-6-18-8)12(17)9-3-4-15-11(14)10(9)13/h3-4,8H,2,5-7H2,1H3. The van der Waals surface area contributed by atoms with Crippen LogP contribution in [0.1, 0.15) is 23.7 Å². The van der Waals surface area contributed by atoms with E-state index in [1.807, 2.05) is 6.92 Å². The Morgan fingerprint density at radius 1 is 1.61 bits per heavy atom. The third kappa shape index (κ3) is 2.48. The molecule has 0 bridgehead atoms. The first-order valence-corrected chi connectivity index (χ1v) is 5.84. The summed E-state index contributed by atoms with van der Waals surface area (Å²) >= 11 is 0. The average molecular weight is 256 g/mol. The number of rotatable bonds is 2. The molecule has 1 fully saturated rings. The fourth-order valence-corrected chi connectivity index (χ4v) is 1.90. The van der Waals surface area contributed by atoms with E-state index < -0.39 is 17.7 Å². The Morgan fingerprint density at radius 3 is 3.11 bits per heavy atom. The van der Waals surface area contributed by atoms with Gasteiger partial charge in [-0.1, -0.05) is 6.92 Å². The Balaban J connectivity index is 2.18. The lowest BCUT2D eigenvalue weighted by atomic mass is 10.1. The third-order valence-electron chi connectivity index (χ3n) is 2.96. The zero-order chi connectivity index (χ0) is 13.1. The van der Waals surface area contributed by atoms with Crippen molar-refractivity contribution in [1.82, 2.24) is 9.88 Å². The minimum Gasteiger partial charge on any atom is -0.375 e. The number of pyridine rings is 1. The van der Waals surface area contributed by atoms with E-state index >= 15 is 0 Å². The summed E-state index contributed by atoms with van der Waals surface area (Å²) in [5, 5.41) is 0. The minimum absolute atomic E-state index is 0.0440. The molecule has 1 atom stereocenters. The Hall–Kier alpha value is -1.56. The van der Waals surface area contributed by atoms with Crippen molar-refractivity contribution < 1.29 is 18.3 Å². The van der Waals surface area contributed by atoms with E-state index in [0.29, 0.717) is 19.7 Å². The summed E-state index contributed by atoms with van der Waals surface area (Å²) in [6, 6.07) is 1.19. The van der Waals surface area contributed by atoms with Gasteiger partial charge in [-0.25, -0.2) is 9.37 Å². The quantitative estimate of drug-likeness (QED) is 0.755. The maximum Gasteiger partial charge on any atom is 0.257 e. The van der Waals surface area contributed by atoms with Crippen LogP contribution in [0, 0.1) is 11.8 Å². The Morgan fingerprint density at radius 2 is 2.39 bits per heavy atom. The zero-order valence-electron chi connectivity index (χ0n) is 10.0. The molecule has 1 aliphatic heterocycles. The summed E-state index contributed by atoms with van der Waals surface area (Å²) in [7, 11) is 0. The molecule has 6 heteroatoms. The molecule has 1 aliphatic rings. The molecule has 0 saturated carbocycles. The first kappa shape index (κ1) is 12.9. The molecule has 1 aromatic heterocycles. The third-order valence-corrected chi connectivity index (χ3v) is 2.96. The van der Waals surface area contributed by atoms with Gasteiger partial charge >= 0.3 is 0 Å². The first-order valence-electron chi connectivity index (χ1n) is 5.84. The summed E-state index contributed by atoms with van der Waals surface area (Å²) in [5.74, 6) is -2.96. The van der Waals surface area contributed by atoms with Crippen LogP contribution in [0.4, 0.5) is 8.78 Å². The highest BCUT2D eigenvalue weighted by atomic mass is 19.2. The Bertz CT molecular complexity index is 454. The minimum atomic E-state index is -1.25. The van der Waals surface area contributed by atoms with Crippen molar-refractivity contribution in [1.29, 1.82) is 0 Å². The molecule has 98 valence electrons. The number of carbonyl (C=O) groups is 1. The van der Waals surface area contributed by atoms with Gasteiger partial charge in [0.05, 0.1) is 18.3 Å². The van der Waals surface area contributed by atoms with Gasteiger partial charge in [-0.3, -0.25) is 4.79 Å². The van der Waals surface area contributed by atoms with Gasteiger partial charge in [0.25, 0.3) is 5.91 Å². The fourth-order valence-electron chi connectivity index (χ4n) is 1.90. The van der Waals surface area contributed by atoms with Crippen molar-refractivity contribution in [2.24, 2.45) is 0 Å². The van der Waals surface area contributed by atoms with Crippen molar-refractivity contribution in [3.8, 4) is 0 Å². The molecule has 1 unspecified atom stereocenters. The van der Waals surface area contributed by atoms with Crippen molar-refractivity contribution in [3.05, 3.63) is 29.6 Å². The lowest BCUT2D eigenvalue weighted by Gasteiger charge is -2.32. The van der Waals surface area contributed by atoms with E-state index in [4.69, 9.17) is 4.74 Å². The molecule has 0 spiro atoms. The van der Waals surface area contributed by atoms with E-state index in [-0.39, 0.29) is 11.7 Å². The second kappa shape index (κ2) is 5.39. The largest absolute Gasteiger partial charge is 0.375 e. The van der Waals surface area contributed by atoms with E-state index in [2.05, 4.69) is 4.98 Å². The first-order chi connectivity index (χ1) is 8.63. The Kier molecular flexibility index (Phi) is 3.86. The monoisotopic (exact) mass is 256 g/mol. The number of amides is 1. The van der Waals surface area contributed by atoms with Gasteiger partial charge in [0.15, 0.2) is 5.82 Å². The maximum atomic E-state index is 13.5. The number of halogens is 2. The molecule has 0 aliphatic carbocycles. The molecule has 4 nitrogen and oxygen atoms in total. The molecular weight excluding hydrogens is 242 g/mol. The normalized spacial score (nSPS) is 19.9. The van der Waals surface area contributed by atoms with Gasteiger partial charge in [-0.2, -0.15) is 4.39 Å². The van der Waals surface area contributed by atoms with Gasteiger partial charge < -0.3 is 9.64 Å². The number of hydrogen-bond donors (Lipinski definition) is 0. The van der Waals surface area contributed by atoms with E-state index in [0.717, 1.165) is 12.6 Å². The average Bonchev–Trinajstić information content (AvgIpc) is 2.41. The van der Waals surface area contributed by atoms with Crippen LogP contribution >= 0.6 is 0 Å². The van der Waals surface area contributed by atoms with Gasteiger partial charge in [0, 0.05) is 19.3 Å². The van der Waals surface area contributed by atoms with Crippen LogP contribution in [0.25, 0.3) is 0 Å². The van der Waals surface area contributed by atoms with Crippen molar-refractivity contribution in [2.75, 3.05) is 19.7 Å². The summed E-state index contributed by atoms with van der Waals surface area (Å²) in [4.78, 5) is 16.7. The molecule has 2 heterocycles. The molecule has 1 aromatic rings. The van der Waals surface area contributed by atoms with Crippen molar-refractivity contribution >= 4 is 5.91 Å². The van der Waals surface area contributed by atoms with Crippen molar-refractivity contribution in [3.63, 3.8) is 0 Å². The lowest BCUT2D eigenvalue weighted by molar-refractivity contribution is -0.0228. The molecule has 18 heavy (non-hydrogen) atoms. The lowest BCUT2D eigenvalue weighted by Crippen LogP contribution is -2.45. The van der Waals surface area contributed by atoms with Crippen LogP contribution in [0.5, 0.6) is 0 Å². The second-order valence-corrected chi connectivity index (χ2v) is 4.12. The van der Waals surface area contributed by atoms with Gasteiger partial charge in [-0.05, 0) is 12.5 Å². The molecule has 2 rings (SSSR count). The number of nitrogens with zero attached hydrogens (tertiary/aromatic N) is 2. The van der Waals surface area contributed by atoms with Crippen LogP contribution in [0.3, 0.4) is 0 Å². The van der Waals surface area contributed by atoms with E-state index in [1.54, 1.807) is 0 Å². The summed E-state index contributed by atoms with van der Waals surface area (Å²) in [5.41, 5.74) is -0.278. The molecule has 1 amide bonds. The summed E-state index contributed by atoms with van der Waals surface area (Å²) in [6.45, 7) is 3.15. The van der Waals surface area contributed by atoms with Crippen LogP contribution < -0.4 is 0 Å². The van der Waals surface area contributed by atoms with Crippen LogP contribution in [-0.4, -0.2) is 41.6 Å². The predicted octanol–water partition coefficient (Wildman–Crippen LogP) is 1.61. The second-order valence-electron chi connectivity index (χ2n) is 4.12. The fraction of sp³-hybridized carbons (Fsp3) is 0.500. The smallest absolute Gasteiger partial charge is 0.257 e. The maximum absolute atomic E-state index is 13.5. The molecule has 1 saturated heterocycles. The van der Waals surface area contributed by atoms with Crippen LogP contribution in [0.15, 0.2) is 12.3 Å². The summed E-state index contributed by atoms with van der Waals surface area (Å²) < 4.78 is 31.9. The Labute approximate surface area is 104 Å². The highest BCUT2D eigenvalue weighted by Crippen LogP contribution is 2.15.